The van der Waals surface area contributed by atoms with Gasteiger partial charge < -0.3 is 9.47 Å². The van der Waals surface area contributed by atoms with Crippen LogP contribution in [0.2, 0.25) is 0 Å². The standard InChI is InChI=1S/C9H16O2/c1-8-4-2-5-9(11-8)6-3-7-10-9/h8H,2-7H2,1H3/t8-,9+/m1/s1. The molecule has 2 saturated heterocycles. The van der Waals surface area contributed by atoms with Gasteiger partial charge in [0.15, 0.2) is 5.79 Å². The summed E-state index contributed by atoms with van der Waals surface area (Å²) in [6.45, 7) is 3.04. The fraction of sp³-hybridized carbons (Fsp3) is 1.00. The molecular formula is C9H16O2. The lowest BCUT2D eigenvalue weighted by atomic mass is 10.00. The minimum Gasteiger partial charge on any atom is -0.350 e. The van der Waals surface area contributed by atoms with Gasteiger partial charge in [0.2, 0.25) is 0 Å². The molecule has 2 aliphatic rings. The summed E-state index contributed by atoms with van der Waals surface area (Å²) in [5, 5.41) is 0. The maximum Gasteiger partial charge on any atom is 0.168 e. The Balaban J connectivity index is 2.00. The number of rotatable bonds is 0. The van der Waals surface area contributed by atoms with Crippen LogP contribution in [-0.4, -0.2) is 18.5 Å². The SMILES string of the molecule is C[C@@H]1CCC[C@@]2(CCCO2)O1. The third kappa shape index (κ3) is 1.42. The molecule has 0 bridgehead atoms. The van der Waals surface area contributed by atoms with E-state index in [0.717, 1.165) is 19.4 Å². The molecule has 2 fully saturated rings. The largest absolute Gasteiger partial charge is 0.350 e. The average Bonchev–Trinajstić information content (AvgIpc) is 2.37. The second kappa shape index (κ2) is 2.76. The van der Waals surface area contributed by atoms with Gasteiger partial charge in [0.05, 0.1) is 12.7 Å². The van der Waals surface area contributed by atoms with Crippen LogP contribution in [0, 0.1) is 0 Å². The van der Waals surface area contributed by atoms with Gasteiger partial charge in [0.1, 0.15) is 0 Å². The van der Waals surface area contributed by atoms with Crippen molar-refractivity contribution < 1.29 is 9.47 Å². The van der Waals surface area contributed by atoms with E-state index in [1.807, 2.05) is 0 Å². The Morgan fingerprint density at radius 2 is 2.09 bits per heavy atom. The molecule has 0 saturated carbocycles. The van der Waals surface area contributed by atoms with E-state index in [9.17, 15) is 0 Å². The molecule has 0 aliphatic carbocycles. The fourth-order valence-electron chi connectivity index (χ4n) is 2.11. The van der Waals surface area contributed by atoms with Crippen LogP contribution in [-0.2, 0) is 9.47 Å². The first-order valence-corrected chi connectivity index (χ1v) is 4.63. The molecule has 0 aromatic rings. The van der Waals surface area contributed by atoms with Crippen LogP contribution < -0.4 is 0 Å². The molecule has 2 heterocycles. The lowest BCUT2D eigenvalue weighted by molar-refractivity contribution is -0.253. The third-order valence-corrected chi connectivity index (χ3v) is 2.65. The Labute approximate surface area is 67.9 Å². The summed E-state index contributed by atoms with van der Waals surface area (Å²) in [6, 6.07) is 0. The van der Waals surface area contributed by atoms with Crippen molar-refractivity contribution in [2.24, 2.45) is 0 Å². The van der Waals surface area contributed by atoms with Crippen molar-refractivity contribution in [3.63, 3.8) is 0 Å². The molecule has 1 spiro atoms. The van der Waals surface area contributed by atoms with Crippen molar-refractivity contribution in [1.29, 1.82) is 0 Å². The zero-order valence-electron chi connectivity index (χ0n) is 7.14. The van der Waals surface area contributed by atoms with E-state index in [1.165, 1.54) is 19.3 Å². The minimum absolute atomic E-state index is 0.155. The number of ether oxygens (including phenoxy) is 2. The second-order valence-corrected chi connectivity index (χ2v) is 3.68. The lowest BCUT2D eigenvalue weighted by Gasteiger charge is -2.36. The van der Waals surface area contributed by atoms with Crippen molar-refractivity contribution in [3.05, 3.63) is 0 Å². The highest BCUT2D eigenvalue weighted by Gasteiger charge is 2.39. The summed E-state index contributed by atoms with van der Waals surface area (Å²) in [7, 11) is 0. The molecule has 64 valence electrons. The molecule has 0 aromatic heterocycles. The summed E-state index contributed by atoms with van der Waals surface area (Å²) in [4.78, 5) is 0. The highest BCUT2D eigenvalue weighted by molar-refractivity contribution is 4.80. The summed E-state index contributed by atoms with van der Waals surface area (Å²) in [5.41, 5.74) is 0. The molecule has 0 N–H and O–H groups in total. The zero-order valence-corrected chi connectivity index (χ0v) is 7.14. The summed E-state index contributed by atoms with van der Waals surface area (Å²) < 4.78 is 11.4. The smallest absolute Gasteiger partial charge is 0.168 e. The Morgan fingerprint density at radius 1 is 1.27 bits per heavy atom. The van der Waals surface area contributed by atoms with Gasteiger partial charge in [-0.3, -0.25) is 0 Å². The predicted molar refractivity (Wildman–Crippen MR) is 42.3 cm³/mol. The van der Waals surface area contributed by atoms with Crippen LogP contribution in [0.5, 0.6) is 0 Å². The summed E-state index contributed by atoms with van der Waals surface area (Å²) >= 11 is 0. The van der Waals surface area contributed by atoms with E-state index in [4.69, 9.17) is 9.47 Å². The van der Waals surface area contributed by atoms with Crippen LogP contribution >= 0.6 is 0 Å². The van der Waals surface area contributed by atoms with Crippen LogP contribution in [0.25, 0.3) is 0 Å². The molecule has 11 heavy (non-hydrogen) atoms. The number of hydrogen-bond acceptors (Lipinski definition) is 2. The lowest BCUT2D eigenvalue weighted by Crippen LogP contribution is -2.38. The monoisotopic (exact) mass is 156 g/mol. The molecule has 0 aromatic carbocycles. The van der Waals surface area contributed by atoms with E-state index in [1.54, 1.807) is 0 Å². The summed E-state index contributed by atoms with van der Waals surface area (Å²) in [6.07, 6.45) is 6.26. The Hall–Kier alpha value is -0.0800. The second-order valence-electron chi connectivity index (χ2n) is 3.68. The van der Waals surface area contributed by atoms with Gasteiger partial charge in [0, 0.05) is 12.8 Å². The summed E-state index contributed by atoms with van der Waals surface area (Å²) in [5.74, 6) is -0.155. The molecule has 0 unspecified atom stereocenters. The molecule has 2 aliphatic heterocycles. The van der Waals surface area contributed by atoms with Crippen molar-refractivity contribution in [1.82, 2.24) is 0 Å². The van der Waals surface area contributed by atoms with E-state index in [0.29, 0.717) is 6.10 Å². The van der Waals surface area contributed by atoms with Gasteiger partial charge in [-0.25, -0.2) is 0 Å². The van der Waals surface area contributed by atoms with Crippen LogP contribution in [0.3, 0.4) is 0 Å². The molecule has 2 atom stereocenters. The van der Waals surface area contributed by atoms with Gasteiger partial charge in [-0.1, -0.05) is 0 Å². The zero-order chi connectivity index (χ0) is 7.73. The van der Waals surface area contributed by atoms with Gasteiger partial charge in [-0.2, -0.15) is 0 Å². The van der Waals surface area contributed by atoms with Gasteiger partial charge in [-0.05, 0) is 26.2 Å². The molecule has 0 radical (unpaired) electrons. The Morgan fingerprint density at radius 3 is 2.73 bits per heavy atom. The fourth-order valence-corrected chi connectivity index (χ4v) is 2.11. The van der Waals surface area contributed by atoms with Gasteiger partial charge in [-0.15, -0.1) is 0 Å². The Kier molecular flexibility index (Phi) is 1.90. The van der Waals surface area contributed by atoms with E-state index in [2.05, 4.69) is 6.92 Å². The predicted octanol–water partition coefficient (Wildman–Crippen LogP) is 2.08. The third-order valence-electron chi connectivity index (χ3n) is 2.65. The molecule has 2 rings (SSSR count). The quantitative estimate of drug-likeness (QED) is 0.534. The van der Waals surface area contributed by atoms with Crippen molar-refractivity contribution in [2.45, 2.75) is 50.9 Å². The topological polar surface area (TPSA) is 18.5 Å². The molecular weight excluding hydrogens is 140 g/mol. The average molecular weight is 156 g/mol. The highest BCUT2D eigenvalue weighted by atomic mass is 16.7. The van der Waals surface area contributed by atoms with Gasteiger partial charge >= 0.3 is 0 Å². The normalized spacial score (nSPS) is 45.0. The van der Waals surface area contributed by atoms with E-state index >= 15 is 0 Å². The maximum atomic E-state index is 5.81. The first-order valence-electron chi connectivity index (χ1n) is 4.63. The van der Waals surface area contributed by atoms with E-state index < -0.39 is 0 Å². The maximum absolute atomic E-state index is 5.81. The van der Waals surface area contributed by atoms with Crippen LogP contribution in [0.4, 0.5) is 0 Å². The first-order chi connectivity index (χ1) is 5.31. The van der Waals surface area contributed by atoms with Crippen LogP contribution in [0.15, 0.2) is 0 Å². The highest BCUT2D eigenvalue weighted by Crippen LogP contribution is 2.37. The van der Waals surface area contributed by atoms with Crippen molar-refractivity contribution in [2.75, 3.05) is 6.61 Å². The van der Waals surface area contributed by atoms with E-state index in [-0.39, 0.29) is 5.79 Å². The first kappa shape index (κ1) is 7.56. The van der Waals surface area contributed by atoms with Crippen molar-refractivity contribution >= 4 is 0 Å². The molecule has 2 nitrogen and oxygen atoms in total. The van der Waals surface area contributed by atoms with Crippen molar-refractivity contribution in [3.8, 4) is 0 Å². The van der Waals surface area contributed by atoms with Gasteiger partial charge in [0.25, 0.3) is 0 Å². The van der Waals surface area contributed by atoms with Crippen LogP contribution in [0.1, 0.15) is 39.0 Å². The number of hydrogen-bond donors (Lipinski definition) is 0. The molecule has 0 amide bonds. The Bertz CT molecular complexity index is 138. The minimum atomic E-state index is -0.155. The molecule has 2 heteroatoms.